The summed E-state index contributed by atoms with van der Waals surface area (Å²) >= 11 is 0. The minimum Gasteiger partial charge on any atom is -0.338 e. The van der Waals surface area contributed by atoms with E-state index in [2.05, 4.69) is 10.1 Å². The van der Waals surface area contributed by atoms with Gasteiger partial charge in [-0.1, -0.05) is 0 Å². The molecule has 2 aliphatic rings. The van der Waals surface area contributed by atoms with Crippen LogP contribution in [0.3, 0.4) is 0 Å². The molecule has 7 nitrogen and oxygen atoms in total. The molecular weight excluding hydrogens is 366 g/mol. The van der Waals surface area contributed by atoms with Crippen LogP contribution in [-0.2, 0) is 18.4 Å². The van der Waals surface area contributed by atoms with Crippen LogP contribution in [0.1, 0.15) is 53.0 Å². The third-order valence-corrected chi connectivity index (χ3v) is 6.71. The first-order valence-corrected chi connectivity index (χ1v) is 10.3. The van der Waals surface area contributed by atoms with Crippen molar-refractivity contribution in [1.82, 2.24) is 24.6 Å². The van der Waals surface area contributed by atoms with Gasteiger partial charge in [0.05, 0.1) is 11.3 Å². The largest absolute Gasteiger partial charge is 0.338 e. The Morgan fingerprint density at radius 2 is 1.83 bits per heavy atom. The number of rotatable bonds is 3. The molecule has 4 rings (SSSR count). The van der Waals surface area contributed by atoms with Gasteiger partial charge in [0.2, 0.25) is 5.91 Å². The van der Waals surface area contributed by atoms with Crippen LogP contribution < -0.4 is 0 Å². The van der Waals surface area contributed by atoms with Gasteiger partial charge in [-0.3, -0.25) is 19.3 Å². The monoisotopic (exact) mass is 395 g/mol. The summed E-state index contributed by atoms with van der Waals surface area (Å²) in [5, 5.41) is 4.39. The summed E-state index contributed by atoms with van der Waals surface area (Å²) < 4.78 is 1.78. The van der Waals surface area contributed by atoms with Crippen LogP contribution in [-0.4, -0.2) is 56.0 Å². The first-order valence-electron chi connectivity index (χ1n) is 10.3. The summed E-state index contributed by atoms with van der Waals surface area (Å²) in [6, 6.07) is 3.93. The van der Waals surface area contributed by atoms with Crippen molar-refractivity contribution in [3.8, 4) is 0 Å². The van der Waals surface area contributed by atoms with Crippen LogP contribution >= 0.6 is 0 Å². The quantitative estimate of drug-likeness (QED) is 0.800. The van der Waals surface area contributed by atoms with Crippen LogP contribution in [0.5, 0.6) is 0 Å². The van der Waals surface area contributed by atoms with Gasteiger partial charge in [0, 0.05) is 57.7 Å². The van der Waals surface area contributed by atoms with Crippen molar-refractivity contribution in [3.63, 3.8) is 0 Å². The van der Waals surface area contributed by atoms with Gasteiger partial charge in [-0.05, 0) is 56.2 Å². The van der Waals surface area contributed by atoms with E-state index in [4.69, 9.17) is 0 Å². The van der Waals surface area contributed by atoms with Crippen molar-refractivity contribution in [2.24, 2.45) is 12.5 Å². The van der Waals surface area contributed by atoms with Crippen molar-refractivity contribution in [1.29, 1.82) is 0 Å². The predicted octanol–water partition coefficient (Wildman–Crippen LogP) is 2.48. The Balaban J connectivity index is 1.42. The molecule has 0 atom stereocenters. The lowest BCUT2D eigenvalue weighted by Gasteiger charge is -2.47. The zero-order chi connectivity index (χ0) is 20.6. The second-order valence-electron chi connectivity index (χ2n) is 8.57. The molecule has 1 spiro atoms. The highest BCUT2D eigenvalue weighted by atomic mass is 16.2. The normalized spacial score (nSPS) is 19.1. The number of amides is 2. The van der Waals surface area contributed by atoms with E-state index in [0.717, 1.165) is 61.4 Å². The zero-order valence-electron chi connectivity index (χ0n) is 17.5. The van der Waals surface area contributed by atoms with Crippen LogP contribution in [0.4, 0.5) is 0 Å². The third kappa shape index (κ3) is 3.78. The Bertz CT molecular complexity index is 913. The number of carbonyl (C=O) groups is 2. The molecule has 7 heteroatoms. The van der Waals surface area contributed by atoms with Crippen LogP contribution in [0.15, 0.2) is 24.5 Å². The van der Waals surface area contributed by atoms with Gasteiger partial charge in [0.25, 0.3) is 5.91 Å². The molecule has 0 unspecified atom stereocenters. The van der Waals surface area contributed by atoms with E-state index in [-0.39, 0.29) is 17.2 Å². The highest BCUT2D eigenvalue weighted by Gasteiger charge is 2.42. The maximum absolute atomic E-state index is 13.1. The van der Waals surface area contributed by atoms with E-state index in [1.54, 1.807) is 17.1 Å². The van der Waals surface area contributed by atoms with Crippen LogP contribution in [0.25, 0.3) is 0 Å². The highest BCUT2D eigenvalue weighted by Crippen LogP contribution is 2.41. The molecule has 2 fully saturated rings. The molecule has 2 aliphatic heterocycles. The van der Waals surface area contributed by atoms with Gasteiger partial charge in [0.1, 0.15) is 0 Å². The molecule has 2 amide bonds. The lowest BCUT2D eigenvalue weighted by molar-refractivity contribution is -0.139. The molecule has 0 aliphatic carbocycles. The molecule has 0 aromatic carbocycles. The number of hydrogen-bond donors (Lipinski definition) is 0. The summed E-state index contributed by atoms with van der Waals surface area (Å²) in [7, 11) is 1.88. The number of nitrogens with zero attached hydrogens (tertiary/aromatic N) is 5. The number of carbonyl (C=O) groups excluding carboxylic acids is 2. The van der Waals surface area contributed by atoms with Crippen molar-refractivity contribution in [2.75, 3.05) is 19.6 Å². The molecule has 4 heterocycles. The SMILES string of the molecule is Cc1nn(C)c(C)c1C(=O)N1CCC2(CCC(=O)N(Cc3ccncc3)C2)CC1. The summed E-state index contributed by atoms with van der Waals surface area (Å²) in [5.74, 6) is 0.316. The highest BCUT2D eigenvalue weighted by molar-refractivity contribution is 5.96. The van der Waals surface area contributed by atoms with Crippen LogP contribution in [0.2, 0.25) is 0 Å². The maximum Gasteiger partial charge on any atom is 0.257 e. The minimum absolute atomic E-state index is 0.0866. The standard InChI is InChI=1S/C22H29N5O2/c1-16-20(17(2)25(3)24-16)21(29)26-12-8-22(9-13-26)7-4-19(28)27(15-22)14-18-5-10-23-11-6-18/h5-6,10-11H,4,7-9,12-15H2,1-3H3. The second-order valence-corrected chi connectivity index (χ2v) is 8.57. The van der Waals surface area contributed by atoms with Gasteiger partial charge < -0.3 is 9.80 Å². The lowest BCUT2D eigenvalue weighted by Crippen LogP contribution is -2.52. The van der Waals surface area contributed by atoms with Crippen molar-refractivity contribution in [2.45, 2.75) is 46.1 Å². The van der Waals surface area contributed by atoms with Crippen molar-refractivity contribution >= 4 is 11.8 Å². The Kier molecular flexibility index (Phi) is 5.15. The average Bonchev–Trinajstić information content (AvgIpc) is 2.97. The van der Waals surface area contributed by atoms with Crippen LogP contribution in [0, 0.1) is 19.3 Å². The molecule has 29 heavy (non-hydrogen) atoms. The summed E-state index contributed by atoms with van der Waals surface area (Å²) in [4.78, 5) is 33.6. The first kappa shape index (κ1) is 19.6. The van der Waals surface area contributed by atoms with Gasteiger partial charge in [-0.2, -0.15) is 5.10 Å². The summed E-state index contributed by atoms with van der Waals surface area (Å²) in [6.07, 6.45) is 6.94. The molecule has 0 saturated carbocycles. The fourth-order valence-corrected chi connectivity index (χ4v) is 4.79. The fraction of sp³-hybridized carbons (Fsp3) is 0.545. The predicted molar refractivity (Wildman–Crippen MR) is 109 cm³/mol. The van der Waals surface area contributed by atoms with Gasteiger partial charge in [0.15, 0.2) is 0 Å². The summed E-state index contributed by atoms with van der Waals surface area (Å²) in [6.45, 7) is 6.74. The number of piperidine rings is 2. The number of hydrogen-bond acceptors (Lipinski definition) is 4. The third-order valence-electron chi connectivity index (χ3n) is 6.71. The average molecular weight is 396 g/mol. The number of aromatic nitrogens is 3. The summed E-state index contributed by atoms with van der Waals surface area (Å²) in [5.41, 5.74) is 3.68. The van der Waals surface area contributed by atoms with E-state index in [1.807, 2.05) is 42.8 Å². The topological polar surface area (TPSA) is 71.3 Å². The smallest absolute Gasteiger partial charge is 0.257 e. The molecule has 2 aromatic rings. The molecule has 2 saturated heterocycles. The minimum atomic E-state index is 0.0866. The number of aryl methyl sites for hydroxylation is 2. The molecule has 0 N–H and O–H groups in total. The van der Waals surface area contributed by atoms with E-state index in [1.165, 1.54) is 0 Å². The van der Waals surface area contributed by atoms with E-state index in [0.29, 0.717) is 13.0 Å². The Labute approximate surface area is 171 Å². The van der Waals surface area contributed by atoms with Gasteiger partial charge >= 0.3 is 0 Å². The number of likely N-dealkylation sites (tertiary alicyclic amines) is 2. The van der Waals surface area contributed by atoms with Gasteiger partial charge in [-0.25, -0.2) is 0 Å². The lowest BCUT2D eigenvalue weighted by atomic mass is 9.72. The van der Waals surface area contributed by atoms with Crippen molar-refractivity contribution < 1.29 is 9.59 Å². The zero-order valence-corrected chi connectivity index (χ0v) is 17.5. The van der Waals surface area contributed by atoms with E-state index >= 15 is 0 Å². The Morgan fingerprint density at radius 1 is 1.14 bits per heavy atom. The first-order chi connectivity index (χ1) is 13.9. The van der Waals surface area contributed by atoms with Crippen molar-refractivity contribution in [3.05, 3.63) is 47.0 Å². The molecule has 0 bridgehead atoms. The number of pyridine rings is 1. The molecule has 2 aromatic heterocycles. The van der Waals surface area contributed by atoms with E-state index < -0.39 is 0 Å². The Morgan fingerprint density at radius 3 is 2.45 bits per heavy atom. The molecule has 154 valence electrons. The Hall–Kier alpha value is -2.70. The second kappa shape index (κ2) is 7.61. The van der Waals surface area contributed by atoms with Gasteiger partial charge in [-0.15, -0.1) is 0 Å². The molecule has 0 radical (unpaired) electrons. The molecular formula is C22H29N5O2. The van der Waals surface area contributed by atoms with E-state index in [9.17, 15) is 9.59 Å². The fourth-order valence-electron chi connectivity index (χ4n) is 4.79. The maximum atomic E-state index is 13.1.